The SMILES string of the molecule is Cc1ccc(C(=O)N2N=C(C(F)(F)F)CC2(C)O)cc1. The lowest BCUT2D eigenvalue weighted by molar-refractivity contribution is -0.0679. The van der Waals surface area contributed by atoms with Crippen molar-refractivity contribution in [1.82, 2.24) is 5.01 Å². The molecule has 1 unspecified atom stereocenters. The van der Waals surface area contributed by atoms with Crippen LogP contribution < -0.4 is 0 Å². The Kier molecular flexibility index (Phi) is 3.33. The van der Waals surface area contributed by atoms with E-state index in [-0.39, 0.29) is 5.56 Å². The Balaban J connectivity index is 2.33. The lowest BCUT2D eigenvalue weighted by atomic mass is 10.1. The van der Waals surface area contributed by atoms with Gasteiger partial charge < -0.3 is 5.11 Å². The summed E-state index contributed by atoms with van der Waals surface area (Å²) in [6.45, 7) is 2.95. The molecular formula is C13H13F3N2O2. The molecule has 7 heteroatoms. The Hall–Kier alpha value is -1.89. The predicted molar refractivity (Wildman–Crippen MR) is 66.1 cm³/mol. The third-order valence-corrected chi connectivity index (χ3v) is 3.00. The van der Waals surface area contributed by atoms with Crippen molar-refractivity contribution >= 4 is 11.6 Å². The molecule has 1 aromatic rings. The maximum Gasteiger partial charge on any atom is 0.431 e. The number of hydrogen-bond donors (Lipinski definition) is 1. The molecule has 20 heavy (non-hydrogen) atoms. The van der Waals surface area contributed by atoms with Crippen LogP contribution in [-0.2, 0) is 0 Å². The minimum atomic E-state index is -4.66. The standard InChI is InChI=1S/C13H13F3N2O2/c1-8-3-5-9(6-4-8)11(19)18-12(2,20)7-10(17-18)13(14,15)16/h3-6,20H,7H2,1-2H3. The fourth-order valence-corrected chi connectivity index (χ4v) is 1.90. The minimum Gasteiger partial charge on any atom is -0.369 e. The summed E-state index contributed by atoms with van der Waals surface area (Å²) in [7, 11) is 0. The maximum atomic E-state index is 12.6. The van der Waals surface area contributed by atoms with Crippen LogP contribution in [0, 0.1) is 6.92 Å². The quantitative estimate of drug-likeness (QED) is 0.862. The van der Waals surface area contributed by atoms with Gasteiger partial charge in [0.1, 0.15) is 5.71 Å². The molecule has 2 rings (SSSR count). The van der Waals surface area contributed by atoms with Crippen LogP contribution in [0.3, 0.4) is 0 Å². The molecule has 108 valence electrons. The summed E-state index contributed by atoms with van der Waals surface area (Å²) in [5.41, 5.74) is -2.06. The molecule has 1 amide bonds. The zero-order chi connectivity index (χ0) is 15.1. The third kappa shape index (κ3) is 2.67. The summed E-state index contributed by atoms with van der Waals surface area (Å²) in [5, 5.41) is 13.7. The number of hydrazone groups is 1. The monoisotopic (exact) mass is 286 g/mol. The summed E-state index contributed by atoms with van der Waals surface area (Å²) in [6, 6.07) is 6.28. The van der Waals surface area contributed by atoms with Crippen LogP contribution in [0.25, 0.3) is 0 Å². The number of amides is 1. The molecule has 0 saturated carbocycles. The second-order valence-electron chi connectivity index (χ2n) is 4.92. The molecule has 0 aromatic heterocycles. The van der Waals surface area contributed by atoms with E-state index in [1.54, 1.807) is 12.1 Å². The highest BCUT2D eigenvalue weighted by Gasteiger charge is 2.49. The van der Waals surface area contributed by atoms with Gasteiger partial charge in [-0.2, -0.15) is 23.3 Å². The zero-order valence-corrected chi connectivity index (χ0v) is 10.9. The highest BCUT2D eigenvalue weighted by atomic mass is 19.4. The van der Waals surface area contributed by atoms with E-state index in [9.17, 15) is 23.1 Å². The second-order valence-corrected chi connectivity index (χ2v) is 4.92. The van der Waals surface area contributed by atoms with Gasteiger partial charge in [0.05, 0.1) is 0 Å². The first-order valence-corrected chi connectivity index (χ1v) is 5.89. The number of carbonyl (C=O) groups excluding carboxylic acids is 1. The van der Waals surface area contributed by atoms with Gasteiger partial charge >= 0.3 is 6.18 Å². The van der Waals surface area contributed by atoms with Crippen molar-refractivity contribution in [1.29, 1.82) is 0 Å². The Morgan fingerprint density at radius 3 is 2.35 bits per heavy atom. The lowest BCUT2D eigenvalue weighted by Crippen LogP contribution is -2.43. The number of aliphatic hydroxyl groups is 1. The minimum absolute atomic E-state index is 0.169. The van der Waals surface area contributed by atoms with Gasteiger partial charge in [-0.3, -0.25) is 4.79 Å². The van der Waals surface area contributed by atoms with Crippen molar-refractivity contribution in [2.45, 2.75) is 32.2 Å². The first-order chi connectivity index (χ1) is 9.11. The summed E-state index contributed by atoms with van der Waals surface area (Å²) >= 11 is 0. The summed E-state index contributed by atoms with van der Waals surface area (Å²) in [6.07, 6.45) is -5.40. The van der Waals surface area contributed by atoms with Crippen molar-refractivity contribution in [3.05, 3.63) is 35.4 Å². The van der Waals surface area contributed by atoms with Crippen LogP contribution in [0.1, 0.15) is 29.3 Å². The first kappa shape index (κ1) is 14.5. The Labute approximate surface area is 113 Å². The van der Waals surface area contributed by atoms with Gasteiger partial charge in [-0.25, -0.2) is 0 Å². The van der Waals surface area contributed by atoms with Crippen molar-refractivity contribution in [3.8, 4) is 0 Å². The van der Waals surface area contributed by atoms with Crippen molar-refractivity contribution < 1.29 is 23.1 Å². The van der Waals surface area contributed by atoms with Gasteiger partial charge in [0.2, 0.25) is 0 Å². The van der Waals surface area contributed by atoms with Crippen LogP contribution in [-0.4, -0.2) is 33.6 Å². The van der Waals surface area contributed by atoms with Crippen LogP contribution >= 0.6 is 0 Å². The molecule has 1 N–H and O–H groups in total. The van der Waals surface area contributed by atoms with E-state index in [4.69, 9.17) is 0 Å². The maximum absolute atomic E-state index is 12.6. The summed E-state index contributed by atoms with van der Waals surface area (Å²) < 4.78 is 37.8. The Morgan fingerprint density at radius 2 is 1.90 bits per heavy atom. The molecule has 0 fully saturated rings. The van der Waals surface area contributed by atoms with E-state index in [0.29, 0.717) is 5.01 Å². The zero-order valence-electron chi connectivity index (χ0n) is 10.9. The molecule has 0 bridgehead atoms. The highest BCUT2D eigenvalue weighted by molar-refractivity contribution is 5.99. The van der Waals surface area contributed by atoms with E-state index in [1.807, 2.05) is 6.92 Å². The van der Waals surface area contributed by atoms with Gasteiger partial charge in [0.15, 0.2) is 5.72 Å². The third-order valence-electron chi connectivity index (χ3n) is 3.00. The molecule has 0 radical (unpaired) electrons. The highest BCUT2D eigenvalue weighted by Crippen LogP contribution is 2.33. The molecule has 1 aliphatic rings. The first-order valence-electron chi connectivity index (χ1n) is 5.89. The van der Waals surface area contributed by atoms with Crippen molar-refractivity contribution in [2.75, 3.05) is 0 Å². The molecule has 0 aliphatic carbocycles. The number of alkyl halides is 3. The number of nitrogens with zero attached hydrogens (tertiary/aromatic N) is 2. The van der Waals surface area contributed by atoms with E-state index < -0.39 is 29.9 Å². The number of rotatable bonds is 1. The number of hydrogen-bond acceptors (Lipinski definition) is 3. The van der Waals surface area contributed by atoms with Crippen LogP contribution in [0.5, 0.6) is 0 Å². The van der Waals surface area contributed by atoms with E-state index in [2.05, 4.69) is 5.10 Å². The number of benzene rings is 1. The topological polar surface area (TPSA) is 52.9 Å². The summed E-state index contributed by atoms with van der Waals surface area (Å²) in [5.74, 6) is -0.769. The van der Waals surface area contributed by atoms with Crippen LogP contribution in [0.2, 0.25) is 0 Å². The predicted octanol–water partition coefficient (Wildman–Crippen LogP) is 2.47. The van der Waals surface area contributed by atoms with E-state index >= 15 is 0 Å². The normalized spacial score (nSPS) is 22.9. The van der Waals surface area contributed by atoms with Gasteiger partial charge in [-0.1, -0.05) is 17.7 Å². The largest absolute Gasteiger partial charge is 0.431 e. The van der Waals surface area contributed by atoms with Crippen LogP contribution in [0.4, 0.5) is 13.2 Å². The molecule has 1 aliphatic heterocycles. The average molecular weight is 286 g/mol. The molecule has 4 nitrogen and oxygen atoms in total. The van der Waals surface area contributed by atoms with Gasteiger partial charge in [0.25, 0.3) is 5.91 Å². The molecule has 1 aromatic carbocycles. The fourth-order valence-electron chi connectivity index (χ4n) is 1.90. The Bertz CT molecular complexity index is 562. The van der Waals surface area contributed by atoms with Crippen molar-refractivity contribution in [2.24, 2.45) is 5.10 Å². The lowest BCUT2D eigenvalue weighted by Gasteiger charge is -2.26. The molecule has 0 saturated heterocycles. The Morgan fingerprint density at radius 1 is 1.35 bits per heavy atom. The van der Waals surface area contributed by atoms with E-state index in [1.165, 1.54) is 12.1 Å². The number of carbonyl (C=O) groups is 1. The number of halogens is 3. The van der Waals surface area contributed by atoms with E-state index in [0.717, 1.165) is 12.5 Å². The molecular weight excluding hydrogens is 273 g/mol. The molecule has 1 atom stereocenters. The smallest absolute Gasteiger partial charge is 0.369 e. The van der Waals surface area contributed by atoms with Gasteiger partial charge in [0, 0.05) is 12.0 Å². The molecule has 1 heterocycles. The van der Waals surface area contributed by atoms with Gasteiger partial charge in [-0.15, -0.1) is 0 Å². The van der Waals surface area contributed by atoms with Crippen molar-refractivity contribution in [3.63, 3.8) is 0 Å². The molecule has 0 spiro atoms. The fraction of sp³-hybridized carbons (Fsp3) is 0.385. The van der Waals surface area contributed by atoms with Crippen LogP contribution in [0.15, 0.2) is 29.4 Å². The average Bonchev–Trinajstić information content (AvgIpc) is 2.65. The summed E-state index contributed by atoms with van der Waals surface area (Å²) in [4.78, 5) is 12.1. The van der Waals surface area contributed by atoms with Gasteiger partial charge in [-0.05, 0) is 26.0 Å². The second kappa shape index (κ2) is 4.59. The number of aryl methyl sites for hydroxylation is 1.